The Morgan fingerprint density at radius 3 is 2.75 bits per heavy atom. The summed E-state index contributed by atoms with van der Waals surface area (Å²) < 4.78 is 0. The molecule has 0 spiro atoms. The van der Waals surface area contributed by atoms with Crippen molar-refractivity contribution in [1.29, 1.82) is 0 Å². The highest BCUT2D eigenvalue weighted by molar-refractivity contribution is 7.10. The highest BCUT2D eigenvalue weighted by atomic mass is 32.1. The lowest BCUT2D eigenvalue weighted by Gasteiger charge is -2.09. The smallest absolute Gasteiger partial charge is 0.00489 e. The summed E-state index contributed by atoms with van der Waals surface area (Å²) in [6, 6.07) is 2.28. The van der Waals surface area contributed by atoms with Crippen molar-refractivity contribution in [3.8, 4) is 0 Å². The van der Waals surface area contributed by atoms with Crippen LogP contribution in [0.25, 0.3) is 0 Å². The third-order valence-corrected chi connectivity index (χ3v) is 3.28. The molecular formula is C11H18S. The van der Waals surface area contributed by atoms with Gasteiger partial charge in [-0.05, 0) is 36.3 Å². The standard InChI is InChI=1S/C11H18S/c1-4-5-6-9(2)11-7-8-12-10(11)3/h7-9H,4-6H2,1-3H3. The number of thiophene rings is 1. The quantitative estimate of drug-likeness (QED) is 0.649. The van der Waals surface area contributed by atoms with Gasteiger partial charge in [-0.15, -0.1) is 11.3 Å². The molecule has 68 valence electrons. The molecule has 1 aromatic heterocycles. The number of rotatable bonds is 4. The van der Waals surface area contributed by atoms with E-state index in [0.717, 1.165) is 5.92 Å². The Kier molecular flexibility index (Phi) is 3.80. The molecule has 12 heavy (non-hydrogen) atoms. The average molecular weight is 182 g/mol. The van der Waals surface area contributed by atoms with Crippen molar-refractivity contribution in [2.45, 2.75) is 46.0 Å². The summed E-state index contributed by atoms with van der Waals surface area (Å²) in [6.45, 7) is 6.82. The van der Waals surface area contributed by atoms with Crippen LogP contribution in [0, 0.1) is 6.92 Å². The van der Waals surface area contributed by atoms with Crippen LogP contribution in [0.4, 0.5) is 0 Å². The Hall–Kier alpha value is -0.300. The number of aryl methyl sites for hydroxylation is 1. The molecular weight excluding hydrogens is 164 g/mol. The summed E-state index contributed by atoms with van der Waals surface area (Å²) in [5, 5.41) is 2.20. The average Bonchev–Trinajstić information content (AvgIpc) is 2.47. The van der Waals surface area contributed by atoms with Crippen LogP contribution < -0.4 is 0 Å². The molecule has 0 aliphatic carbocycles. The molecule has 0 nitrogen and oxygen atoms in total. The molecule has 1 atom stereocenters. The van der Waals surface area contributed by atoms with Crippen molar-refractivity contribution in [1.82, 2.24) is 0 Å². The monoisotopic (exact) mass is 182 g/mol. The molecule has 0 aliphatic heterocycles. The van der Waals surface area contributed by atoms with Crippen LogP contribution in [0.2, 0.25) is 0 Å². The van der Waals surface area contributed by atoms with Gasteiger partial charge in [0, 0.05) is 4.88 Å². The highest BCUT2D eigenvalue weighted by Crippen LogP contribution is 2.27. The molecule has 0 saturated heterocycles. The van der Waals surface area contributed by atoms with E-state index in [1.807, 2.05) is 11.3 Å². The van der Waals surface area contributed by atoms with E-state index in [0.29, 0.717) is 0 Å². The lowest BCUT2D eigenvalue weighted by molar-refractivity contribution is 0.624. The van der Waals surface area contributed by atoms with Gasteiger partial charge in [-0.25, -0.2) is 0 Å². The minimum Gasteiger partial charge on any atom is -0.149 e. The van der Waals surface area contributed by atoms with E-state index in [1.54, 1.807) is 5.56 Å². The molecule has 0 fully saturated rings. The molecule has 1 unspecified atom stereocenters. The van der Waals surface area contributed by atoms with Crippen LogP contribution in [0.15, 0.2) is 11.4 Å². The molecule has 1 heterocycles. The molecule has 0 aliphatic rings. The lowest BCUT2D eigenvalue weighted by Crippen LogP contribution is -1.92. The van der Waals surface area contributed by atoms with Gasteiger partial charge in [0.1, 0.15) is 0 Å². The summed E-state index contributed by atoms with van der Waals surface area (Å²) in [6.07, 6.45) is 4.01. The Morgan fingerprint density at radius 2 is 2.25 bits per heavy atom. The first-order valence-corrected chi connectivity index (χ1v) is 5.67. The largest absolute Gasteiger partial charge is 0.149 e. The van der Waals surface area contributed by atoms with E-state index in [9.17, 15) is 0 Å². The predicted octanol–water partition coefficient (Wildman–Crippen LogP) is 4.35. The molecule has 1 heteroatoms. The van der Waals surface area contributed by atoms with Crippen molar-refractivity contribution >= 4 is 11.3 Å². The van der Waals surface area contributed by atoms with Gasteiger partial charge in [-0.2, -0.15) is 0 Å². The van der Waals surface area contributed by atoms with E-state index in [2.05, 4.69) is 32.2 Å². The first-order valence-electron chi connectivity index (χ1n) is 4.79. The molecule has 0 bridgehead atoms. The van der Waals surface area contributed by atoms with Crippen LogP contribution in [0.1, 0.15) is 49.5 Å². The first kappa shape index (κ1) is 9.79. The SMILES string of the molecule is CCCCC(C)c1ccsc1C. The number of hydrogen-bond donors (Lipinski definition) is 0. The van der Waals surface area contributed by atoms with Crippen molar-refractivity contribution < 1.29 is 0 Å². The van der Waals surface area contributed by atoms with E-state index >= 15 is 0 Å². The predicted molar refractivity (Wildman–Crippen MR) is 57.0 cm³/mol. The maximum atomic E-state index is 2.34. The van der Waals surface area contributed by atoms with Crippen LogP contribution in [0.5, 0.6) is 0 Å². The normalized spacial score (nSPS) is 13.2. The van der Waals surface area contributed by atoms with Crippen molar-refractivity contribution in [3.05, 3.63) is 21.9 Å². The van der Waals surface area contributed by atoms with Gasteiger partial charge in [0.2, 0.25) is 0 Å². The van der Waals surface area contributed by atoms with E-state index in [1.165, 1.54) is 24.1 Å². The zero-order valence-corrected chi connectivity index (χ0v) is 9.08. The molecule has 1 rings (SSSR count). The zero-order valence-electron chi connectivity index (χ0n) is 8.26. The second kappa shape index (κ2) is 4.66. The number of unbranched alkanes of at least 4 members (excludes halogenated alkanes) is 1. The van der Waals surface area contributed by atoms with Crippen molar-refractivity contribution in [2.75, 3.05) is 0 Å². The Bertz CT molecular complexity index is 225. The summed E-state index contributed by atoms with van der Waals surface area (Å²) in [7, 11) is 0. The Balaban J connectivity index is 2.52. The van der Waals surface area contributed by atoms with Crippen LogP contribution in [0.3, 0.4) is 0 Å². The van der Waals surface area contributed by atoms with Crippen molar-refractivity contribution in [2.24, 2.45) is 0 Å². The second-order valence-electron chi connectivity index (χ2n) is 3.48. The van der Waals surface area contributed by atoms with Gasteiger partial charge in [0.25, 0.3) is 0 Å². The van der Waals surface area contributed by atoms with Crippen LogP contribution in [-0.4, -0.2) is 0 Å². The fourth-order valence-electron chi connectivity index (χ4n) is 1.57. The Morgan fingerprint density at radius 1 is 1.50 bits per heavy atom. The third-order valence-electron chi connectivity index (χ3n) is 2.42. The van der Waals surface area contributed by atoms with E-state index < -0.39 is 0 Å². The molecule has 0 radical (unpaired) electrons. The summed E-state index contributed by atoms with van der Waals surface area (Å²) in [4.78, 5) is 1.50. The van der Waals surface area contributed by atoms with Gasteiger partial charge < -0.3 is 0 Å². The molecule has 0 amide bonds. The highest BCUT2D eigenvalue weighted by Gasteiger charge is 2.07. The van der Waals surface area contributed by atoms with Crippen LogP contribution in [-0.2, 0) is 0 Å². The van der Waals surface area contributed by atoms with E-state index in [4.69, 9.17) is 0 Å². The molecule has 1 aromatic rings. The first-order chi connectivity index (χ1) is 5.75. The maximum Gasteiger partial charge on any atom is 0.00489 e. The summed E-state index contributed by atoms with van der Waals surface area (Å²) >= 11 is 1.87. The molecule has 0 saturated carbocycles. The summed E-state index contributed by atoms with van der Waals surface area (Å²) in [5.41, 5.74) is 1.56. The summed E-state index contributed by atoms with van der Waals surface area (Å²) in [5.74, 6) is 0.760. The van der Waals surface area contributed by atoms with Gasteiger partial charge >= 0.3 is 0 Å². The third kappa shape index (κ3) is 2.34. The van der Waals surface area contributed by atoms with Gasteiger partial charge in [0.05, 0.1) is 0 Å². The molecule has 0 N–H and O–H groups in total. The van der Waals surface area contributed by atoms with Gasteiger partial charge in [-0.1, -0.05) is 26.7 Å². The van der Waals surface area contributed by atoms with Gasteiger partial charge in [-0.3, -0.25) is 0 Å². The fourth-order valence-corrected chi connectivity index (χ4v) is 2.40. The topological polar surface area (TPSA) is 0 Å². The van der Waals surface area contributed by atoms with E-state index in [-0.39, 0.29) is 0 Å². The Labute approximate surface area is 79.6 Å². The zero-order chi connectivity index (χ0) is 8.97. The fraction of sp³-hybridized carbons (Fsp3) is 0.636. The van der Waals surface area contributed by atoms with Crippen LogP contribution >= 0.6 is 11.3 Å². The minimum absolute atomic E-state index is 0.760. The second-order valence-corrected chi connectivity index (χ2v) is 4.60. The maximum absolute atomic E-state index is 2.34. The van der Waals surface area contributed by atoms with Crippen molar-refractivity contribution in [3.63, 3.8) is 0 Å². The number of hydrogen-bond acceptors (Lipinski definition) is 1. The lowest BCUT2D eigenvalue weighted by atomic mass is 9.96. The minimum atomic E-state index is 0.760. The molecule has 0 aromatic carbocycles. The van der Waals surface area contributed by atoms with Gasteiger partial charge in [0.15, 0.2) is 0 Å².